The van der Waals surface area contributed by atoms with Gasteiger partial charge in [0.15, 0.2) is 0 Å². The molecule has 2 N–H and O–H groups in total. The normalized spacial score (nSPS) is 30.1. The number of carbonyl (C=O) groups excluding carboxylic acids is 4. The van der Waals surface area contributed by atoms with Crippen LogP contribution in [0.3, 0.4) is 0 Å². The molecule has 50 heavy (non-hydrogen) atoms. The van der Waals surface area contributed by atoms with Crippen molar-refractivity contribution in [2.45, 2.75) is 82.1 Å². The standard InChI is InChI=1S/C39H52N6O5/c1-50-33-10-5-7-27(21-33)24-42-18-13-29-22-36(46)43-19-14-32(15-20-43)44-17-6-11-34(44)38(48)41-31-23-35(37(47)40-16-12-30(29)25-42)45(26-31)39(49)28-8-3-2-4-9-28/h2-5,7-10,21,29-32,34-35H,6,11-20,22-26H2,1H3,(H,40,47)(H,41,48)/t29-,30-,31-,34-,35-/m0/s1. The van der Waals surface area contributed by atoms with Crippen molar-refractivity contribution < 1.29 is 23.9 Å². The summed E-state index contributed by atoms with van der Waals surface area (Å²) in [5.74, 6) is 1.14. The minimum Gasteiger partial charge on any atom is -0.497 e. The molecule has 0 saturated carbocycles. The predicted octanol–water partition coefficient (Wildman–Crippen LogP) is 2.90. The molecule has 0 unspecified atom stereocenters. The number of nitrogens with one attached hydrogen (secondary N) is 2. The van der Waals surface area contributed by atoms with Gasteiger partial charge in [0.05, 0.1) is 13.2 Å². The van der Waals surface area contributed by atoms with Gasteiger partial charge >= 0.3 is 0 Å². The Labute approximate surface area is 295 Å². The van der Waals surface area contributed by atoms with Crippen LogP contribution in [0.15, 0.2) is 54.6 Å². The van der Waals surface area contributed by atoms with Crippen LogP contribution < -0.4 is 15.4 Å². The van der Waals surface area contributed by atoms with E-state index in [2.05, 4.69) is 37.5 Å². The number of fused-ring (bicyclic) bond motifs is 7. The smallest absolute Gasteiger partial charge is 0.254 e. The largest absolute Gasteiger partial charge is 0.497 e. The van der Waals surface area contributed by atoms with Gasteiger partial charge in [0.1, 0.15) is 11.8 Å². The van der Waals surface area contributed by atoms with E-state index in [0.717, 1.165) is 83.5 Å². The number of nitrogens with zero attached hydrogens (tertiary/aromatic N) is 4. The van der Waals surface area contributed by atoms with Crippen LogP contribution in [0.1, 0.15) is 67.3 Å². The molecule has 4 bridgehead atoms. The van der Waals surface area contributed by atoms with E-state index in [-0.39, 0.29) is 53.6 Å². The zero-order chi connectivity index (χ0) is 34.6. The van der Waals surface area contributed by atoms with Gasteiger partial charge in [-0.25, -0.2) is 0 Å². The fraction of sp³-hybridized carbons (Fsp3) is 0.590. The summed E-state index contributed by atoms with van der Waals surface area (Å²) in [6.45, 7) is 5.66. The second kappa shape index (κ2) is 15.5. The lowest BCUT2D eigenvalue weighted by Crippen LogP contribution is -2.53. The Morgan fingerprint density at radius 3 is 2.46 bits per heavy atom. The van der Waals surface area contributed by atoms with Crippen molar-refractivity contribution >= 4 is 23.6 Å². The van der Waals surface area contributed by atoms with Crippen molar-refractivity contribution in [3.05, 3.63) is 65.7 Å². The van der Waals surface area contributed by atoms with E-state index in [9.17, 15) is 19.2 Å². The first-order chi connectivity index (χ1) is 24.4. The molecule has 6 heterocycles. The molecule has 6 aliphatic rings. The maximum Gasteiger partial charge on any atom is 0.254 e. The van der Waals surface area contributed by atoms with Gasteiger partial charge in [-0.2, -0.15) is 0 Å². The Balaban J connectivity index is 1.11. The first-order valence-corrected chi connectivity index (χ1v) is 18.7. The van der Waals surface area contributed by atoms with Crippen LogP contribution in [0, 0.1) is 11.8 Å². The van der Waals surface area contributed by atoms with E-state index in [0.29, 0.717) is 31.5 Å². The van der Waals surface area contributed by atoms with Crippen molar-refractivity contribution in [1.29, 1.82) is 0 Å². The molecule has 6 saturated heterocycles. The quantitative estimate of drug-likeness (QED) is 0.510. The van der Waals surface area contributed by atoms with Crippen molar-refractivity contribution in [2.75, 3.05) is 52.9 Å². The van der Waals surface area contributed by atoms with Gasteiger partial charge in [-0.05, 0) is 99.7 Å². The monoisotopic (exact) mass is 684 g/mol. The third kappa shape index (κ3) is 7.68. The summed E-state index contributed by atoms with van der Waals surface area (Å²) in [5, 5.41) is 6.43. The summed E-state index contributed by atoms with van der Waals surface area (Å²) in [7, 11) is 1.68. The van der Waals surface area contributed by atoms with Crippen LogP contribution >= 0.6 is 0 Å². The molecule has 11 heteroatoms. The number of methoxy groups -OCH3 is 1. The van der Waals surface area contributed by atoms with Gasteiger partial charge in [-0.3, -0.25) is 29.0 Å². The molecule has 268 valence electrons. The van der Waals surface area contributed by atoms with E-state index < -0.39 is 6.04 Å². The van der Waals surface area contributed by atoms with E-state index in [4.69, 9.17) is 4.74 Å². The highest BCUT2D eigenvalue weighted by molar-refractivity contribution is 5.98. The Kier molecular flexibility index (Phi) is 10.7. The van der Waals surface area contributed by atoms with Crippen molar-refractivity contribution in [3.8, 4) is 5.75 Å². The molecule has 11 nitrogen and oxygen atoms in total. The average molecular weight is 685 g/mol. The highest BCUT2D eigenvalue weighted by atomic mass is 16.5. The SMILES string of the molecule is COc1cccc(CN2CC[C@H]3CC(=O)N4CCC(CC4)N4CCC[C@H]4C(=O)N[C@H]4C[C@@H](C(=O)NCC[C@H]3C2)N(C(=O)c2ccccc2)C4)c1. The molecular formula is C39H52N6O5. The van der Waals surface area contributed by atoms with Gasteiger partial charge in [0.25, 0.3) is 5.91 Å². The van der Waals surface area contributed by atoms with Gasteiger partial charge in [0, 0.05) is 63.3 Å². The number of benzene rings is 2. The third-order valence-electron chi connectivity index (χ3n) is 11.9. The van der Waals surface area contributed by atoms with E-state index in [1.807, 2.05) is 30.3 Å². The molecule has 0 aliphatic carbocycles. The Hall–Kier alpha value is -3.96. The van der Waals surface area contributed by atoms with E-state index in [1.54, 1.807) is 24.1 Å². The summed E-state index contributed by atoms with van der Waals surface area (Å²) in [6.07, 6.45) is 6.09. The van der Waals surface area contributed by atoms with Gasteiger partial charge < -0.3 is 25.2 Å². The number of amides is 4. The number of hydrogen-bond donors (Lipinski definition) is 2. The molecule has 2 aromatic carbocycles. The van der Waals surface area contributed by atoms with Crippen molar-refractivity contribution in [3.63, 3.8) is 0 Å². The maximum absolute atomic E-state index is 13.9. The molecule has 2 aromatic rings. The number of ether oxygens (including phenoxy) is 1. The maximum atomic E-state index is 13.9. The first kappa shape index (κ1) is 34.5. The Morgan fingerprint density at radius 2 is 1.66 bits per heavy atom. The van der Waals surface area contributed by atoms with Crippen LogP contribution in [-0.2, 0) is 20.9 Å². The molecule has 6 aliphatic heterocycles. The number of likely N-dealkylation sites (tertiary alicyclic amines) is 2. The lowest BCUT2D eigenvalue weighted by atomic mass is 9.80. The zero-order valence-electron chi connectivity index (χ0n) is 29.3. The lowest BCUT2D eigenvalue weighted by Gasteiger charge is -2.41. The molecule has 6 fully saturated rings. The first-order valence-electron chi connectivity index (χ1n) is 18.7. The zero-order valence-corrected chi connectivity index (χ0v) is 29.3. The average Bonchev–Trinajstić information content (AvgIpc) is 3.81. The Morgan fingerprint density at radius 1 is 0.840 bits per heavy atom. The van der Waals surface area contributed by atoms with Crippen LogP contribution in [0.25, 0.3) is 0 Å². The van der Waals surface area contributed by atoms with Crippen LogP contribution in [0.2, 0.25) is 0 Å². The van der Waals surface area contributed by atoms with Crippen LogP contribution in [0.5, 0.6) is 5.75 Å². The molecule has 0 aromatic heterocycles. The second-order valence-electron chi connectivity index (χ2n) is 15.0. The van der Waals surface area contributed by atoms with Crippen molar-refractivity contribution in [2.24, 2.45) is 11.8 Å². The van der Waals surface area contributed by atoms with Crippen LogP contribution in [-0.4, -0.2) is 120 Å². The minimum atomic E-state index is -0.675. The number of rotatable bonds is 4. The minimum absolute atomic E-state index is 0.0142. The van der Waals surface area contributed by atoms with Gasteiger partial charge in [-0.1, -0.05) is 30.3 Å². The molecule has 4 amide bonds. The number of carbonyl (C=O) groups is 4. The summed E-state index contributed by atoms with van der Waals surface area (Å²) in [4.78, 5) is 63.7. The van der Waals surface area contributed by atoms with Crippen molar-refractivity contribution in [1.82, 2.24) is 30.2 Å². The summed E-state index contributed by atoms with van der Waals surface area (Å²) < 4.78 is 5.46. The third-order valence-corrected chi connectivity index (χ3v) is 11.9. The molecule has 0 spiro atoms. The predicted molar refractivity (Wildman–Crippen MR) is 189 cm³/mol. The summed E-state index contributed by atoms with van der Waals surface area (Å²) in [6, 6.07) is 16.3. The van der Waals surface area contributed by atoms with Gasteiger partial charge in [-0.15, -0.1) is 0 Å². The molecule has 0 radical (unpaired) electrons. The molecule has 8 rings (SSSR count). The summed E-state index contributed by atoms with van der Waals surface area (Å²) >= 11 is 0. The highest BCUT2D eigenvalue weighted by Gasteiger charge is 2.43. The number of hydrogen-bond acceptors (Lipinski definition) is 7. The van der Waals surface area contributed by atoms with Gasteiger partial charge in [0.2, 0.25) is 17.7 Å². The Bertz CT molecular complexity index is 1530. The van der Waals surface area contributed by atoms with E-state index in [1.165, 1.54) is 5.56 Å². The lowest BCUT2D eigenvalue weighted by molar-refractivity contribution is -0.136. The van der Waals surface area contributed by atoms with E-state index >= 15 is 0 Å². The molecule has 5 atom stereocenters. The molecular weight excluding hydrogens is 632 g/mol. The van der Waals surface area contributed by atoms with Crippen LogP contribution in [0.4, 0.5) is 0 Å². The topological polar surface area (TPSA) is 115 Å². The fourth-order valence-corrected chi connectivity index (χ4v) is 9.19. The highest BCUT2D eigenvalue weighted by Crippen LogP contribution is 2.33. The fourth-order valence-electron chi connectivity index (χ4n) is 9.19. The summed E-state index contributed by atoms with van der Waals surface area (Å²) in [5.41, 5.74) is 1.73. The second-order valence-corrected chi connectivity index (χ2v) is 15.0. The number of piperidine rings is 2.